The van der Waals surface area contributed by atoms with Gasteiger partial charge >= 0.3 is 0 Å². The Hall–Kier alpha value is -0.820. The molecule has 0 aromatic heterocycles. The number of carbonyl (C=O) groups is 1. The zero-order valence-electron chi connectivity index (χ0n) is 8.59. The molecule has 1 unspecified atom stereocenters. The smallest absolute Gasteiger partial charge is 0.222 e. The van der Waals surface area contributed by atoms with Gasteiger partial charge in [0.2, 0.25) is 5.24 Å². The van der Waals surface area contributed by atoms with Gasteiger partial charge in [-0.15, -0.1) is 0 Å². The van der Waals surface area contributed by atoms with Gasteiger partial charge in [-0.05, 0) is 36.4 Å². The Bertz CT molecular complexity index is 303. The molecule has 0 N–H and O–H groups in total. The number of carbonyl (C=O) groups excluding carboxylic acids is 1. The third kappa shape index (κ3) is 3.15. The van der Waals surface area contributed by atoms with Crippen molar-refractivity contribution in [2.45, 2.75) is 32.6 Å². The highest BCUT2D eigenvalue weighted by Gasteiger charge is 2.12. The van der Waals surface area contributed by atoms with Gasteiger partial charge in [0.25, 0.3) is 0 Å². The number of aryl methyl sites for hydroxylation is 1. The zero-order valence-corrected chi connectivity index (χ0v) is 9.34. The van der Waals surface area contributed by atoms with Gasteiger partial charge in [0.1, 0.15) is 0 Å². The lowest BCUT2D eigenvalue weighted by Crippen LogP contribution is -2.01. The maximum absolute atomic E-state index is 10.8. The number of hydrogen-bond donors (Lipinski definition) is 0. The van der Waals surface area contributed by atoms with E-state index in [0.717, 1.165) is 6.42 Å². The molecule has 0 saturated carbocycles. The van der Waals surface area contributed by atoms with Crippen LogP contribution in [0.2, 0.25) is 0 Å². The Morgan fingerprint density at radius 2 is 1.93 bits per heavy atom. The monoisotopic (exact) mass is 210 g/mol. The number of hydrogen-bond acceptors (Lipinski definition) is 1. The molecule has 0 aliphatic carbocycles. The summed E-state index contributed by atoms with van der Waals surface area (Å²) in [5, 5.41) is -0.252. The molecule has 0 saturated heterocycles. The van der Waals surface area contributed by atoms with Crippen LogP contribution in [0.15, 0.2) is 24.3 Å². The molecule has 0 fully saturated rings. The minimum absolute atomic E-state index is 0.252. The van der Waals surface area contributed by atoms with Crippen molar-refractivity contribution in [2.24, 2.45) is 0 Å². The Morgan fingerprint density at radius 3 is 2.36 bits per heavy atom. The average Bonchev–Trinajstić information content (AvgIpc) is 2.15. The van der Waals surface area contributed by atoms with E-state index in [4.69, 9.17) is 11.6 Å². The van der Waals surface area contributed by atoms with E-state index in [2.05, 4.69) is 38.1 Å². The molecule has 0 spiro atoms. The van der Waals surface area contributed by atoms with E-state index in [0.29, 0.717) is 6.42 Å². The molecular formula is C12H15ClO. The van der Waals surface area contributed by atoms with Crippen molar-refractivity contribution in [3.05, 3.63) is 35.4 Å². The lowest BCUT2D eigenvalue weighted by molar-refractivity contribution is -0.112. The lowest BCUT2D eigenvalue weighted by Gasteiger charge is -2.12. The van der Waals surface area contributed by atoms with E-state index in [1.807, 2.05) is 0 Å². The van der Waals surface area contributed by atoms with Crippen molar-refractivity contribution in [3.63, 3.8) is 0 Å². The van der Waals surface area contributed by atoms with Crippen LogP contribution in [0.3, 0.4) is 0 Å². The fraction of sp³-hybridized carbons (Fsp3) is 0.417. The molecular weight excluding hydrogens is 196 g/mol. The standard InChI is InChI=1S/C12H15ClO/c1-3-10(8-12(13)14)11-6-4-9(2)5-7-11/h4-7,10H,3,8H2,1-2H3. The van der Waals surface area contributed by atoms with Crippen LogP contribution in [-0.2, 0) is 4.79 Å². The van der Waals surface area contributed by atoms with Crippen LogP contribution < -0.4 is 0 Å². The van der Waals surface area contributed by atoms with E-state index >= 15 is 0 Å². The fourth-order valence-corrected chi connectivity index (χ4v) is 1.72. The van der Waals surface area contributed by atoms with E-state index < -0.39 is 0 Å². The normalized spacial score (nSPS) is 12.5. The molecule has 76 valence electrons. The van der Waals surface area contributed by atoms with Gasteiger partial charge < -0.3 is 0 Å². The Morgan fingerprint density at radius 1 is 1.36 bits per heavy atom. The number of benzene rings is 1. The van der Waals surface area contributed by atoms with Crippen LogP contribution in [0.1, 0.15) is 36.8 Å². The highest BCUT2D eigenvalue weighted by Crippen LogP contribution is 2.24. The lowest BCUT2D eigenvalue weighted by atomic mass is 9.93. The molecule has 0 aliphatic heterocycles. The van der Waals surface area contributed by atoms with Crippen molar-refractivity contribution in [2.75, 3.05) is 0 Å². The van der Waals surface area contributed by atoms with Crippen LogP contribution in [0.25, 0.3) is 0 Å². The second-order valence-corrected chi connectivity index (χ2v) is 4.00. The third-order valence-electron chi connectivity index (χ3n) is 2.45. The summed E-state index contributed by atoms with van der Waals surface area (Å²) >= 11 is 5.39. The topological polar surface area (TPSA) is 17.1 Å². The van der Waals surface area contributed by atoms with E-state index in [9.17, 15) is 4.79 Å². The van der Waals surface area contributed by atoms with Crippen LogP contribution in [0, 0.1) is 6.92 Å². The van der Waals surface area contributed by atoms with Gasteiger partial charge in [-0.2, -0.15) is 0 Å². The quantitative estimate of drug-likeness (QED) is 0.694. The molecule has 0 bridgehead atoms. The van der Waals surface area contributed by atoms with Crippen molar-refractivity contribution in [1.29, 1.82) is 0 Å². The first-order valence-electron chi connectivity index (χ1n) is 4.88. The summed E-state index contributed by atoms with van der Waals surface area (Å²) in [4.78, 5) is 10.8. The minimum Gasteiger partial charge on any atom is -0.281 e. The maximum atomic E-state index is 10.8. The molecule has 1 rings (SSSR count). The summed E-state index contributed by atoms with van der Waals surface area (Å²) in [6.07, 6.45) is 1.38. The molecule has 1 nitrogen and oxygen atoms in total. The van der Waals surface area contributed by atoms with E-state index in [1.54, 1.807) is 0 Å². The number of halogens is 1. The average molecular weight is 211 g/mol. The molecule has 0 heterocycles. The molecule has 2 heteroatoms. The second kappa shape index (κ2) is 5.16. The van der Waals surface area contributed by atoms with E-state index in [-0.39, 0.29) is 11.2 Å². The predicted octanol–water partition coefficient (Wildman–Crippen LogP) is 3.64. The summed E-state index contributed by atoms with van der Waals surface area (Å²) < 4.78 is 0. The number of rotatable bonds is 4. The Labute approximate surface area is 90.1 Å². The first-order chi connectivity index (χ1) is 6.63. The zero-order chi connectivity index (χ0) is 10.6. The summed E-state index contributed by atoms with van der Waals surface area (Å²) in [5.74, 6) is 0.264. The highest BCUT2D eigenvalue weighted by atomic mass is 35.5. The fourth-order valence-electron chi connectivity index (χ4n) is 1.53. The maximum Gasteiger partial charge on any atom is 0.222 e. The van der Waals surface area contributed by atoms with Gasteiger partial charge in [-0.25, -0.2) is 0 Å². The van der Waals surface area contributed by atoms with Crippen LogP contribution in [-0.4, -0.2) is 5.24 Å². The largest absolute Gasteiger partial charge is 0.281 e. The molecule has 1 aromatic carbocycles. The summed E-state index contributed by atoms with van der Waals surface area (Å²) in [6, 6.07) is 8.28. The first-order valence-corrected chi connectivity index (χ1v) is 5.26. The van der Waals surface area contributed by atoms with Crippen molar-refractivity contribution in [3.8, 4) is 0 Å². The van der Waals surface area contributed by atoms with Crippen molar-refractivity contribution < 1.29 is 4.79 Å². The van der Waals surface area contributed by atoms with Crippen molar-refractivity contribution >= 4 is 16.8 Å². The van der Waals surface area contributed by atoms with Gasteiger partial charge in [0, 0.05) is 6.42 Å². The van der Waals surface area contributed by atoms with Crippen LogP contribution in [0.5, 0.6) is 0 Å². The molecule has 0 amide bonds. The van der Waals surface area contributed by atoms with Crippen LogP contribution in [0.4, 0.5) is 0 Å². The first kappa shape index (κ1) is 11.3. The molecule has 1 atom stereocenters. The summed E-state index contributed by atoms with van der Waals surface area (Å²) in [5.41, 5.74) is 2.44. The van der Waals surface area contributed by atoms with Gasteiger partial charge in [0.15, 0.2) is 0 Å². The Kier molecular flexibility index (Phi) is 4.15. The second-order valence-electron chi connectivity index (χ2n) is 3.58. The predicted molar refractivity (Wildman–Crippen MR) is 59.7 cm³/mol. The highest BCUT2D eigenvalue weighted by molar-refractivity contribution is 6.63. The molecule has 1 aromatic rings. The third-order valence-corrected chi connectivity index (χ3v) is 2.60. The van der Waals surface area contributed by atoms with Gasteiger partial charge in [-0.3, -0.25) is 4.79 Å². The van der Waals surface area contributed by atoms with E-state index in [1.165, 1.54) is 11.1 Å². The van der Waals surface area contributed by atoms with Crippen LogP contribution >= 0.6 is 11.6 Å². The Balaban J connectivity index is 2.78. The molecule has 0 aliphatic rings. The summed E-state index contributed by atoms with van der Waals surface area (Å²) in [6.45, 7) is 4.13. The SMILES string of the molecule is CCC(CC(=O)Cl)c1ccc(C)cc1. The van der Waals surface area contributed by atoms with Gasteiger partial charge in [0.05, 0.1) is 0 Å². The molecule has 14 heavy (non-hydrogen) atoms. The minimum atomic E-state index is -0.252. The van der Waals surface area contributed by atoms with Crippen molar-refractivity contribution in [1.82, 2.24) is 0 Å². The molecule has 0 radical (unpaired) electrons. The summed E-state index contributed by atoms with van der Waals surface area (Å²) in [7, 11) is 0. The van der Waals surface area contributed by atoms with Gasteiger partial charge in [-0.1, -0.05) is 36.8 Å².